The van der Waals surface area contributed by atoms with Crippen LogP contribution in [0.5, 0.6) is 0 Å². The van der Waals surface area contributed by atoms with Gasteiger partial charge in [-0.25, -0.2) is 4.39 Å². The molecule has 94 valence electrons. The lowest BCUT2D eigenvalue weighted by Gasteiger charge is -1.97. The normalized spacial score (nSPS) is 10.6. The van der Waals surface area contributed by atoms with Gasteiger partial charge in [-0.1, -0.05) is 6.07 Å². The summed E-state index contributed by atoms with van der Waals surface area (Å²) in [6.45, 7) is 0. The molecule has 0 aliphatic carbocycles. The molecule has 2 heterocycles. The summed E-state index contributed by atoms with van der Waals surface area (Å²) in [6.07, 6.45) is 0. The average molecular weight is 288 g/mol. The van der Waals surface area contributed by atoms with Crippen LogP contribution in [0.1, 0.15) is 15.2 Å². The van der Waals surface area contributed by atoms with Gasteiger partial charge in [0.25, 0.3) is 0 Å². The fourth-order valence-corrected chi connectivity index (χ4v) is 3.56. The highest BCUT2D eigenvalue weighted by Gasteiger charge is 2.13. The minimum absolute atomic E-state index is 0.0622. The zero-order valence-electron chi connectivity index (χ0n) is 9.80. The molecule has 2 aromatic heterocycles. The van der Waals surface area contributed by atoms with Crippen molar-refractivity contribution in [2.24, 2.45) is 0 Å². The van der Waals surface area contributed by atoms with Crippen molar-refractivity contribution < 1.29 is 9.18 Å². The summed E-state index contributed by atoms with van der Waals surface area (Å²) in [5.74, 6) is -0.394. The molecule has 0 saturated heterocycles. The maximum Gasteiger partial charge on any atom is 0.202 e. The highest BCUT2D eigenvalue weighted by molar-refractivity contribution is 7.22. The van der Waals surface area contributed by atoms with E-state index in [-0.39, 0.29) is 11.6 Å². The number of carbonyl (C=O) groups excluding carboxylic acids is 1. The smallest absolute Gasteiger partial charge is 0.202 e. The molecule has 0 unspecified atom stereocenters. The predicted octanol–water partition coefficient (Wildman–Crippen LogP) is 4.85. The molecule has 0 aliphatic heterocycles. The molecule has 0 radical (unpaired) electrons. The highest BCUT2D eigenvalue weighted by Crippen LogP contribution is 2.32. The summed E-state index contributed by atoms with van der Waals surface area (Å²) in [7, 11) is 0. The maximum absolute atomic E-state index is 12.8. The first-order valence-electron chi connectivity index (χ1n) is 5.68. The van der Waals surface area contributed by atoms with Crippen LogP contribution >= 0.6 is 22.7 Å². The van der Waals surface area contributed by atoms with Crippen LogP contribution < -0.4 is 0 Å². The van der Waals surface area contributed by atoms with Crippen LogP contribution in [0.25, 0.3) is 9.75 Å². The number of hydrogen-bond acceptors (Lipinski definition) is 3. The van der Waals surface area contributed by atoms with Gasteiger partial charge >= 0.3 is 0 Å². The lowest BCUT2D eigenvalue weighted by atomic mass is 10.1. The van der Waals surface area contributed by atoms with E-state index in [4.69, 9.17) is 0 Å². The van der Waals surface area contributed by atoms with Crippen LogP contribution in [0.3, 0.4) is 0 Å². The summed E-state index contributed by atoms with van der Waals surface area (Å²) in [5, 5.41) is 2.01. The first-order valence-corrected chi connectivity index (χ1v) is 7.37. The third-order valence-corrected chi connectivity index (χ3v) is 4.85. The Hall–Kier alpha value is -1.78. The Morgan fingerprint density at radius 3 is 2.42 bits per heavy atom. The Bertz CT molecular complexity index is 696. The van der Waals surface area contributed by atoms with Gasteiger partial charge in [-0.15, -0.1) is 22.7 Å². The molecule has 0 spiro atoms. The molecule has 1 aromatic carbocycles. The molecule has 0 atom stereocenters. The molecule has 4 heteroatoms. The number of halogens is 1. The summed E-state index contributed by atoms with van der Waals surface area (Å²) in [6, 6.07) is 13.4. The molecule has 0 fully saturated rings. The van der Waals surface area contributed by atoms with Gasteiger partial charge < -0.3 is 0 Å². The molecular formula is C15H9FOS2. The molecule has 3 aromatic rings. The molecule has 0 saturated carbocycles. The van der Waals surface area contributed by atoms with Gasteiger partial charge in [0.1, 0.15) is 5.82 Å². The van der Waals surface area contributed by atoms with E-state index in [1.54, 1.807) is 11.3 Å². The maximum atomic E-state index is 12.8. The summed E-state index contributed by atoms with van der Waals surface area (Å²) in [5.41, 5.74) is 0.515. The quantitative estimate of drug-likeness (QED) is 0.630. The number of carbonyl (C=O) groups is 1. The Labute approximate surface area is 118 Å². The number of benzene rings is 1. The molecule has 1 nitrogen and oxygen atoms in total. The first kappa shape index (κ1) is 12.3. The molecule has 0 bridgehead atoms. The van der Waals surface area contributed by atoms with Gasteiger partial charge in [0.05, 0.1) is 4.88 Å². The standard InChI is InChI=1S/C15H9FOS2/c16-11-5-3-10(4-6-11)15(17)14-8-7-13(19-14)12-2-1-9-18-12/h1-9H. The summed E-state index contributed by atoms with van der Waals surface area (Å²) in [4.78, 5) is 15.1. The number of rotatable bonds is 3. The van der Waals surface area contributed by atoms with Crippen molar-refractivity contribution in [1.82, 2.24) is 0 Å². The van der Waals surface area contributed by atoms with Crippen molar-refractivity contribution in [3.05, 3.63) is 70.2 Å². The summed E-state index contributed by atoms with van der Waals surface area (Å²) >= 11 is 3.11. The largest absolute Gasteiger partial charge is 0.288 e. The predicted molar refractivity (Wildman–Crippen MR) is 77.5 cm³/mol. The lowest BCUT2D eigenvalue weighted by molar-refractivity contribution is 0.104. The SMILES string of the molecule is O=C(c1ccc(F)cc1)c1ccc(-c2cccs2)s1. The second-order valence-corrected chi connectivity index (χ2v) is 6.01. The Morgan fingerprint density at radius 1 is 0.947 bits per heavy atom. The lowest BCUT2D eigenvalue weighted by Crippen LogP contribution is -1.97. The molecule has 0 N–H and O–H groups in total. The number of thiophene rings is 2. The molecule has 19 heavy (non-hydrogen) atoms. The fraction of sp³-hybridized carbons (Fsp3) is 0. The van der Waals surface area contributed by atoms with E-state index in [0.717, 1.165) is 9.75 Å². The third-order valence-electron chi connectivity index (χ3n) is 2.70. The topological polar surface area (TPSA) is 17.1 Å². The molecular weight excluding hydrogens is 279 g/mol. The third kappa shape index (κ3) is 2.50. The van der Waals surface area contributed by atoms with Crippen molar-refractivity contribution in [2.45, 2.75) is 0 Å². The molecule has 0 amide bonds. The van der Waals surface area contributed by atoms with Gasteiger partial charge in [0.2, 0.25) is 5.78 Å². The van der Waals surface area contributed by atoms with Crippen LogP contribution in [0.2, 0.25) is 0 Å². The summed E-state index contributed by atoms with van der Waals surface area (Å²) < 4.78 is 12.8. The average Bonchev–Trinajstić information content (AvgIpc) is 3.10. The van der Waals surface area contributed by atoms with E-state index in [0.29, 0.717) is 10.4 Å². The van der Waals surface area contributed by atoms with E-state index in [9.17, 15) is 9.18 Å². The van der Waals surface area contributed by atoms with Crippen molar-refractivity contribution >= 4 is 28.5 Å². The minimum atomic E-state index is -0.331. The van der Waals surface area contributed by atoms with Crippen LogP contribution in [0.4, 0.5) is 4.39 Å². The van der Waals surface area contributed by atoms with E-state index >= 15 is 0 Å². The number of ketones is 1. The van der Waals surface area contributed by atoms with Gasteiger partial charge in [-0.05, 0) is 47.8 Å². The second kappa shape index (κ2) is 5.07. The van der Waals surface area contributed by atoms with Gasteiger partial charge in [0.15, 0.2) is 0 Å². The van der Waals surface area contributed by atoms with Crippen molar-refractivity contribution in [3.63, 3.8) is 0 Å². The molecule has 0 aliphatic rings. The Morgan fingerprint density at radius 2 is 1.74 bits per heavy atom. The van der Waals surface area contributed by atoms with Gasteiger partial charge in [-0.3, -0.25) is 4.79 Å². The highest BCUT2D eigenvalue weighted by atomic mass is 32.1. The Kier molecular flexibility index (Phi) is 3.27. The van der Waals surface area contributed by atoms with E-state index < -0.39 is 0 Å². The first-order chi connectivity index (χ1) is 9.24. The van der Waals surface area contributed by atoms with Crippen molar-refractivity contribution in [1.29, 1.82) is 0 Å². The van der Waals surface area contributed by atoms with Crippen molar-refractivity contribution in [2.75, 3.05) is 0 Å². The zero-order valence-corrected chi connectivity index (χ0v) is 11.4. The van der Waals surface area contributed by atoms with E-state index in [1.165, 1.54) is 35.6 Å². The number of hydrogen-bond donors (Lipinski definition) is 0. The van der Waals surface area contributed by atoms with Gasteiger partial charge in [0, 0.05) is 15.3 Å². The minimum Gasteiger partial charge on any atom is -0.288 e. The second-order valence-electron chi connectivity index (χ2n) is 3.98. The van der Waals surface area contributed by atoms with Crippen molar-refractivity contribution in [3.8, 4) is 9.75 Å². The fourth-order valence-electron chi connectivity index (χ4n) is 1.75. The van der Waals surface area contributed by atoms with E-state index in [1.807, 2.05) is 29.6 Å². The van der Waals surface area contributed by atoms with Crippen LogP contribution in [0.15, 0.2) is 53.9 Å². The monoisotopic (exact) mass is 288 g/mol. The van der Waals surface area contributed by atoms with Gasteiger partial charge in [-0.2, -0.15) is 0 Å². The van der Waals surface area contributed by atoms with Crippen LogP contribution in [-0.4, -0.2) is 5.78 Å². The Balaban J connectivity index is 1.90. The molecule has 3 rings (SSSR count). The van der Waals surface area contributed by atoms with Crippen LogP contribution in [0, 0.1) is 5.82 Å². The van der Waals surface area contributed by atoms with Crippen LogP contribution in [-0.2, 0) is 0 Å². The zero-order chi connectivity index (χ0) is 13.2. The van der Waals surface area contributed by atoms with E-state index in [2.05, 4.69) is 0 Å².